The van der Waals surface area contributed by atoms with Gasteiger partial charge in [-0.15, -0.1) is 0 Å². The highest BCUT2D eigenvalue weighted by Gasteiger charge is 2.27. The molecule has 2 saturated heterocycles. The molecule has 11 nitrogen and oxygen atoms in total. The molecule has 2 fully saturated rings. The van der Waals surface area contributed by atoms with Gasteiger partial charge in [-0.2, -0.15) is 9.97 Å². The average Bonchev–Trinajstić information content (AvgIpc) is 3.53. The molecule has 11 heteroatoms. The van der Waals surface area contributed by atoms with E-state index in [1.54, 1.807) is 6.33 Å². The monoisotopic (exact) mass is 491 g/mol. The van der Waals surface area contributed by atoms with E-state index in [1.165, 1.54) is 11.8 Å². The number of benzene rings is 1. The van der Waals surface area contributed by atoms with Gasteiger partial charge < -0.3 is 35.0 Å². The zero-order valence-corrected chi connectivity index (χ0v) is 20.6. The molecule has 190 valence electrons. The van der Waals surface area contributed by atoms with Crippen molar-refractivity contribution in [2.45, 2.75) is 19.0 Å². The van der Waals surface area contributed by atoms with E-state index in [4.69, 9.17) is 9.97 Å². The fourth-order valence-corrected chi connectivity index (χ4v) is 4.71. The Morgan fingerprint density at radius 2 is 1.92 bits per heavy atom. The summed E-state index contributed by atoms with van der Waals surface area (Å²) in [7, 11) is 2.16. The van der Waals surface area contributed by atoms with Gasteiger partial charge in [-0.05, 0) is 43.8 Å². The lowest BCUT2D eigenvalue weighted by molar-refractivity contribution is -0.117. The number of carbonyl (C=O) groups is 1. The molecule has 1 aromatic carbocycles. The summed E-state index contributed by atoms with van der Waals surface area (Å²) in [6.07, 6.45) is 3.77. The fourth-order valence-electron chi connectivity index (χ4n) is 4.71. The largest absolute Gasteiger partial charge is 0.395 e. The van der Waals surface area contributed by atoms with Crippen molar-refractivity contribution in [3.63, 3.8) is 0 Å². The third kappa shape index (κ3) is 5.12. The van der Waals surface area contributed by atoms with E-state index in [2.05, 4.69) is 68.2 Å². The number of nitrogens with zero attached hydrogens (tertiary/aromatic N) is 7. The van der Waals surface area contributed by atoms with Crippen LogP contribution >= 0.6 is 0 Å². The number of fused-ring (bicyclic) bond motifs is 1. The topological polar surface area (TPSA) is 115 Å². The normalized spacial score (nSPS) is 18.6. The van der Waals surface area contributed by atoms with Crippen LogP contribution in [0, 0.1) is 0 Å². The number of hydrogen-bond acceptors (Lipinski definition) is 9. The number of likely N-dealkylation sites (N-methyl/N-ethyl adjacent to an activating group) is 1. The van der Waals surface area contributed by atoms with Crippen molar-refractivity contribution in [2.24, 2.45) is 0 Å². The first-order valence-corrected chi connectivity index (χ1v) is 12.4. The quantitative estimate of drug-likeness (QED) is 0.400. The highest BCUT2D eigenvalue weighted by molar-refractivity contribution is 5.88. The molecule has 1 amide bonds. The smallest absolute Gasteiger partial charge is 0.243 e. The molecule has 36 heavy (non-hydrogen) atoms. The van der Waals surface area contributed by atoms with Gasteiger partial charge in [-0.3, -0.25) is 4.79 Å². The van der Waals surface area contributed by atoms with Crippen molar-refractivity contribution in [3.05, 3.63) is 43.2 Å². The van der Waals surface area contributed by atoms with Gasteiger partial charge in [-0.1, -0.05) is 6.58 Å². The van der Waals surface area contributed by atoms with Gasteiger partial charge in [-0.25, -0.2) is 4.98 Å². The molecule has 0 saturated carbocycles. The number of amides is 1. The molecular formula is C25H33N9O2. The van der Waals surface area contributed by atoms with Crippen LogP contribution in [0.25, 0.3) is 11.2 Å². The zero-order valence-electron chi connectivity index (χ0n) is 20.6. The first-order valence-electron chi connectivity index (χ1n) is 12.4. The molecule has 0 bridgehead atoms. The van der Waals surface area contributed by atoms with E-state index in [9.17, 15) is 9.90 Å². The molecule has 5 rings (SSSR count). The Hall–Kier alpha value is -3.70. The van der Waals surface area contributed by atoms with Gasteiger partial charge in [0.25, 0.3) is 0 Å². The number of aliphatic hydroxyl groups is 1. The number of nitrogens with one attached hydrogen (secondary N) is 2. The third-order valence-electron chi connectivity index (χ3n) is 6.79. The van der Waals surface area contributed by atoms with Crippen LogP contribution in [0.3, 0.4) is 0 Å². The van der Waals surface area contributed by atoms with Crippen molar-refractivity contribution < 1.29 is 9.90 Å². The van der Waals surface area contributed by atoms with Gasteiger partial charge in [0, 0.05) is 63.2 Å². The van der Waals surface area contributed by atoms with E-state index in [-0.39, 0.29) is 18.6 Å². The lowest BCUT2D eigenvalue weighted by Gasteiger charge is -2.34. The molecule has 4 heterocycles. The first-order chi connectivity index (χ1) is 17.5. The van der Waals surface area contributed by atoms with Gasteiger partial charge in [0.05, 0.1) is 12.9 Å². The van der Waals surface area contributed by atoms with Crippen LogP contribution in [0.2, 0.25) is 0 Å². The molecular weight excluding hydrogens is 458 g/mol. The third-order valence-corrected chi connectivity index (χ3v) is 6.79. The molecule has 2 aliphatic heterocycles. The maximum atomic E-state index is 11.7. The summed E-state index contributed by atoms with van der Waals surface area (Å²) < 4.78 is 1.83. The zero-order chi connectivity index (χ0) is 25.1. The molecule has 1 atom stereocenters. The Kier molecular flexibility index (Phi) is 7.01. The minimum absolute atomic E-state index is 0.00989. The Morgan fingerprint density at radius 3 is 2.64 bits per heavy atom. The number of anilines is 4. The van der Waals surface area contributed by atoms with Gasteiger partial charge in [0.1, 0.15) is 0 Å². The molecule has 0 radical (unpaired) electrons. The van der Waals surface area contributed by atoms with Crippen LogP contribution in [-0.4, -0.2) is 94.4 Å². The Balaban J connectivity index is 1.39. The predicted molar refractivity (Wildman–Crippen MR) is 141 cm³/mol. The van der Waals surface area contributed by atoms with Crippen LogP contribution in [0.1, 0.15) is 6.42 Å². The number of aromatic nitrogens is 4. The first kappa shape index (κ1) is 24.0. The van der Waals surface area contributed by atoms with Gasteiger partial charge in [0.15, 0.2) is 17.0 Å². The molecule has 2 aromatic heterocycles. The number of rotatable bonds is 8. The van der Waals surface area contributed by atoms with Crippen LogP contribution in [0.5, 0.6) is 0 Å². The van der Waals surface area contributed by atoms with E-state index >= 15 is 0 Å². The van der Waals surface area contributed by atoms with Crippen LogP contribution in [-0.2, 0) is 11.3 Å². The van der Waals surface area contributed by atoms with Crippen molar-refractivity contribution in [1.29, 1.82) is 0 Å². The summed E-state index contributed by atoms with van der Waals surface area (Å²) in [5, 5.41) is 15.9. The van der Waals surface area contributed by atoms with E-state index < -0.39 is 0 Å². The van der Waals surface area contributed by atoms with Crippen molar-refractivity contribution >= 4 is 40.2 Å². The molecule has 0 aliphatic carbocycles. The summed E-state index contributed by atoms with van der Waals surface area (Å²) in [5.74, 6) is 0.994. The van der Waals surface area contributed by atoms with Crippen LogP contribution in [0.15, 0.2) is 43.2 Å². The fraction of sp³-hybridized carbons (Fsp3) is 0.440. The SMILES string of the molecule is C=CC(=O)N[C@H]1CCN(c2nc(Nc3ccc(N4CCN(C)CC4)cc3)c3ncn(CCO)c3n2)C1. The molecule has 2 aliphatic rings. The Morgan fingerprint density at radius 1 is 1.14 bits per heavy atom. The number of piperazine rings is 1. The summed E-state index contributed by atoms with van der Waals surface area (Å²) in [6.45, 7) is 9.40. The van der Waals surface area contributed by atoms with Crippen molar-refractivity contribution in [3.8, 4) is 0 Å². The molecule has 0 spiro atoms. The average molecular weight is 492 g/mol. The second kappa shape index (κ2) is 10.5. The standard InChI is InChI=1S/C25H33N9O2/c1-3-21(36)27-19-8-9-33(16-19)25-29-23(22-24(30-25)34(14-15-35)17-26-22)28-18-4-6-20(7-5-18)32-12-10-31(2)11-13-32/h3-7,17,19,35H,1,8-16H2,2H3,(H,27,36)(H,28,29,30)/t19-/m0/s1. The Bertz CT molecular complexity index is 1220. The minimum atomic E-state index is -0.179. The number of aliphatic hydroxyl groups excluding tert-OH is 1. The molecule has 3 aromatic rings. The summed E-state index contributed by atoms with van der Waals surface area (Å²) in [5.41, 5.74) is 3.42. The second-order valence-electron chi connectivity index (χ2n) is 9.31. The van der Waals surface area contributed by atoms with Crippen molar-refractivity contribution in [2.75, 3.05) is 68.0 Å². The van der Waals surface area contributed by atoms with Gasteiger partial charge >= 0.3 is 0 Å². The number of imidazole rings is 1. The number of hydrogen-bond donors (Lipinski definition) is 3. The van der Waals surface area contributed by atoms with E-state index in [1.807, 2.05) is 4.57 Å². The van der Waals surface area contributed by atoms with E-state index in [0.717, 1.165) is 44.8 Å². The lowest BCUT2D eigenvalue weighted by Crippen LogP contribution is -2.44. The number of carbonyl (C=O) groups excluding carboxylic acids is 1. The van der Waals surface area contributed by atoms with Gasteiger partial charge in [0.2, 0.25) is 11.9 Å². The van der Waals surface area contributed by atoms with E-state index in [0.29, 0.717) is 36.0 Å². The minimum Gasteiger partial charge on any atom is -0.395 e. The predicted octanol–water partition coefficient (Wildman–Crippen LogP) is 1.19. The molecule has 3 N–H and O–H groups in total. The highest BCUT2D eigenvalue weighted by atomic mass is 16.3. The summed E-state index contributed by atoms with van der Waals surface area (Å²) in [4.78, 5) is 32.7. The Labute approximate surface area is 210 Å². The summed E-state index contributed by atoms with van der Waals surface area (Å²) in [6, 6.07) is 8.39. The summed E-state index contributed by atoms with van der Waals surface area (Å²) >= 11 is 0. The maximum absolute atomic E-state index is 11.7. The second-order valence-corrected chi connectivity index (χ2v) is 9.31. The lowest BCUT2D eigenvalue weighted by atomic mass is 10.2. The molecule has 0 unspecified atom stereocenters. The highest BCUT2D eigenvalue weighted by Crippen LogP contribution is 2.28. The van der Waals surface area contributed by atoms with Crippen LogP contribution in [0.4, 0.5) is 23.1 Å². The van der Waals surface area contributed by atoms with Crippen LogP contribution < -0.4 is 20.4 Å². The maximum Gasteiger partial charge on any atom is 0.243 e. The van der Waals surface area contributed by atoms with Crippen molar-refractivity contribution in [1.82, 2.24) is 29.7 Å².